The van der Waals surface area contributed by atoms with Crippen LogP contribution in [0.15, 0.2) is 59.3 Å². The Kier molecular flexibility index (Phi) is 6.70. The van der Waals surface area contributed by atoms with E-state index in [-0.39, 0.29) is 6.04 Å². The van der Waals surface area contributed by atoms with Crippen LogP contribution in [0, 0.1) is 6.92 Å². The van der Waals surface area contributed by atoms with Crippen LogP contribution in [-0.2, 0) is 22.6 Å². The number of aryl methyl sites for hydroxylation is 1. The Bertz CT molecular complexity index is 1080. The number of fused-ring (bicyclic) bond motifs is 1. The van der Waals surface area contributed by atoms with Crippen molar-refractivity contribution in [2.75, 3.05) is 18.4 Å². The van der Waals surface area contributed by atoms with Crippen molar-refractivity contribution >= 4 is 40.4 Å². The SMILES string of the molecule is Cc1ccc(Cl)cc1NC(=O)C(=O)NCC(c1ccsc1)N1CCc2ccccc2C1. The normalized spacial score (nSPS) is 14.5. The topological polar surface area (TPSA) is 61.4 Å². The number of halogens is 1. The number of benzene rings is 2. The van der Waals surface area contributed by atoms with E-state index in [1.165, 1.54) is 11.1 Å². The van der Waals surface area contributed by atoms with E-state index in [1.54, 1.807) is 29.5 Å². The summed E-state index contributed by atoms with van der Waals surface area (Å²) in [5.74, 6) is -1.35. The highest BCUT2D eigenvalue weighted by molar-refractivity contribution is 7.08. The molecule has 5 nitrogen and oxygen atoms in total. The molecule has 7 heteroatoms. The number of amides is 2. The van der Waals surface area contributed by atoms with Gasteiger partial charge in [-0.2, -0.15) is 11.3 Å². The number of anilines is 1. The summed E-state index contributed by atoms with van der Waals surface area (Å²) < 4.78 is 0. The molecule has 2 aromatic carbocycles. The Morgan fingerprint density at radius 2 is 1.94 bits per heavy atom. The van der Waals surface area contributed by atoms with Gasteiger partial charge < -0.3 is 10.6 Å². The predicted octanol–water partition coefficient (Wildman–Crippen LogP) is 4.56. The fraction of sp³-hybridized carbons (Fsp3) is 0.250. The van der Waals surface area contributed by atoms with Crippen LogP contribution < -0.4 is 10.6 Å². The van der Waals surface area contributed by atoms with Gasteiger partial charge in [-0.15, -0.1) is 0 Å². The van der Waals surface area contributed by atoms with Crippen molar-refractivity contribution < 1.29 is 9.59 Å². The molecule has 0 saturated heterocycles. The molecule has 1 aliphatic heterocycles. The molecule has 3 aromatic rings. The third-order valence-corrected chi connectivity index (χ3v) is 6.58. The lowest BCUT2D eigenvalue weighted by Crippen LogP contribution is -2.43. The quantitative estimate of drug-likeness (QED) is 0.556. The van der Waals surface area contributed by atoms with E-state index in [0.29, 0.717) is 17.3 Å². The number of nitrogens with zero attached hydrogens (tertiary/aromatic N) is 1. The van der Waals surface area contributed by atoms with Crippen molar-refractivity contribution in [3.63, 3.8) is 0 Å². The highest BCUT2D eigenvalue weighted by Crippen LogP contribution is 2.28. The Hall–Kier alpha value is -2.67. The van der Waals surface area contributed by atoms with Crippen molar-refractivity contribution in [3.8, 4) is 0 Å². The molecule has 2 heterocycles. The molecule has 31 heavy (non-hydrogen) atoms. The van der Waals surface area contributed by atoms with Crippen LogP contribution in [0.25, 0.3) is 0 Å². The zero-order valence-electron chi connectivity index (χ0n) is 17.2. The van der Waals surface area contributed by atoms with Gasteiger partial charge in [-0.3, -0.25) is 14.5 Å². The van der Waals surface area contributed by atoms with Crippen LogP contribution in [0.5, 0.6) is 0 Å². The number of rotatable bonds is 5. The number of nitrogens with one attached hydrogen (secondary N) is 2. The summed E-state index contributed by atoms with van der Waals surface area (Å²) in [6, 6.07) is 15.7. The molecule has 1 aliphatic rings. The number of carbonyl (C=O) groups is 2. The Labute approximate surface area is 191 Å². The molecule has 1 unspecified atom stereocenters. The molecule has 0 spiro atoms. The van der Waals surface area contributed by atoms with Crippen LogP contribution in [0.3, 0.4) is 0 Å². The summed E-state index contributed by atoms with van der Waals surface area (Å²) in [6.07, 6.45) is 0.972. The Balaban J connectivity index is 1.43. The third kappa shape index (κ3) is 5.15. The molecule has 0 bridgehead atoms. The Morgan fingerprint density at radius 1 is 1.13 bits per heavy atom. The number of hydrogen-bond acceptors (Lipinski definition) is 4. The van der Waals surface area contributed by atoms with Crippen LogP contribution >= 0.6 is 22.9 Å². The van der Waals surface area contributed by atoms with Gasteiger partial charge in [0.1, 0.15) is 0 Å². The van der Waals surface area contributed by atoms with Gasteiger partial charge in [0.25, 0.3) is 0 Å². The molecule has 2 N–H and O–H groups in total. The van der Waals surface area contributed by atoms with Gasteiger partial charge >= 0.3 is 11.8 Å². The summed E-state index contributed by atoms with van der Waals surface area (Å²) in [6.45, 7) is 3.94. The molecule has 0 fully saturated rings. The monoisotopic (exact) mass is 453 g/mol. The van der Waals surface area contributed by atoms with Gasteiger partial charge in [0.05, 0.1) is 6.04 Å². The van der Waals surface area contributed by atoms with Crippen LogP contribution in [0.1, 0.15) is 28.3 Å². The van der Waals surface area contributed by atoms with Gasteiger partial charge in [-0.1, -0.05) is 41.9 Å². The second-order valence-electron chi connectivity index (χ2n) is 7.69. The molecule has 0 saturated carbocycles. The van der Waals surface area contributed by atoms with Crippen molar-refractivity contribution in [1.29, 1.82) is 0 Å². The van der Waals surface area contributed by atoms with E-state index in [9.17, 15) is 9.59 Å². The van der Waals surface area contributed by atoms with Gasteiger partial charge in [0, 0.05) is 30.3 Å². The van der Waals surface area contributed by atoms with Gasteiger partial charge in [0.2, 0.25) is 0 Å². The second-order valence-corrected chi connectivity index (χ2v) is 8.90. The van der Waals surface area contributed by atoms with Crippen LogP contribution in [-0.4, -0.2) is 29.8 Å². The minimum Gasteiger partial charge on any atom is -0.346 e. The third-order valence-electron chi connectivity index (χ3n) is 5.64. The lowest BCUT2D eigenvalue weighted by molar-refractivity contribution is -0.136. The minimum absolute atomic E-state index is 0.00395. The zero-order chi connectivity index (χ0) is 21.8. The summed E-state index contributed by atoms with van der Waals surface area (Å²) >= 11 is 7.64. The largest absolute Gasteiger partial charge is 0.346 e. The molecule has 1 aromatic heterocycles. The van der Waals surface area contributed by atoms with E-state index >= 15 is 0 Å². The summed E-state index contributed by atoms with van der Waals surface area (Å²) in [7, 11) is 0. The van der Waals surface area contributed by atoms with Gasteiger partial charge in [-0.25, -0.2) is 0 Å². The first kappa shape index (κ1) is 21.6. The number of hydrogen-bond donors (Lipinski definition) is 2. The van der Waals surface area contributed by atoms with Crippen molar-refractivity contribution in [2.24, 2.45) is 0 Å². The first-order chi connectivity index (χ1) is 15.0. The number of carbonyl (C=O) groups excluding carboxylic acids is 2. The molecule has 0 aliphatic carbocycles. The summed E-state index contributed by atoms with van der Waals surface area (Å²) in [4.78, 5) is 27.3. The maximum absolute atomic E-state index is 12.5. The smallest absolute Gasteiger partial charge is 0.313 e. The maximum Gasteiger partial charge on any atom is 0.313 e. The average Bonchev–Trinajstić information content (AvgIpc) is 3.30. The first-order valence-electron chi connectivity index (χ1n) is 10.2. The van der Waals surface area contributed by atoms with E-state index < -0.39 is 11.8 Å². The molecular formula is C24H24ClN3O2S. The van der Waals surface area contributed by atoms with Crippen molar-refractivity contribution in [2.45, 2.75) is 25.9 Å². The van der Waals surface area contributed by atoms with E-state index in [1.807, 2.05) is 12.3 Å². The molecule has 1 atom stereocenters. The highest BCUT2D eigenvalue weighted by Gasteiger charge is 2.26. The van der Waals surface area contributed by atoms with Crippen LogP contribution in [0.2, 0.25) is 5.02 Å². The maximum atomic E-state index is 12.5. The summed E-state index contributed by atoms with van der Waals surface area (Å²) in [5.41, 5.74) is 5.22. The van der Waals surface area contributed by atoms with Crippen LogP contribution in [0.4, 0.5) is 5.69 Å². The average molecular weight is 454 g/mol. The van der Waals surface area contributed by atoms with Crippen molar-refractivity contribution in [1.82, 2.24) is 10.2 Å². The fourth-order valence-electron chi connectivity index (χ4n) is 3.88. The minimum atomic E-state index is -0.696. The lowest BCUT2D eigenvalue weighted by Gasteiger charge is -2.35. The first-order valence-corrected chi connectivity index (χ1v) is 11.5. The fourth-order valence-corrected chi connectivity index (χ4v) is 4.76. The van der Waals surface area contributed by atoms with Gasteiger partial charge in [0.15, 0.2) is 0 Å². The standard InChI is InChI=1S/C24H24ClN3O2S/c1-16-6-7-20(25)12-21(16)27-24(30)23(29)26-13-22(19-9-11-31-15-19)28-10-8-17-4-2-3-5-18(17)14-28/h2-7,9,11-12,15,22H,8,10,13-14H2,1H3,(H,26,29)(H,27,30). The van der Waals surface area contributed by atoms with E-state index in [0.717, 1.165) is 30.6 Å². The summed E-state index contributed by atoms with van der Waals surface area (Å²) in [5, 5.41) is 10.1. The Morgan fingerprint density at radius 3 is 2.71 bits per heavy atom. The number of thiophene rings is 1. The zero-order valence-corrected chi connectivity index (χ0v) is 18.8. The van der Waals surface area contributed by atoms with Crippen molar-refractivity contribution in [3.05, 3.63) is 86.6 Å². The predicted molar refractivity (Wildman–Crippen MR) is 125 cm³/mol. The lowest BCUT2D eigenvalue weighted by atomic mass is 9.97. The molecular weight excluding hydrogens is 430 g/mol. The highest BCUT2D eigenvalue weighted by atomic mass is 35.5. The molecule has 160 valence electrons. The van der Waals surface area contributed by atoms with E-state index in [4.69, 9.17) is 11.6 Å². The molecule has 4 rings (SSSR count). The molecule has 2 amide bonds. The second kappa shape index (κ2) is 9.64. The van der Waals surface area contributed by atoms with Gasteiger partial charge in [-0.05, 0) is 64.6 Å². The molecule has 0 radical (unpaired) electrons. The van der Waals surface area contributed by atoms with E-state index in [2.05, 4.69) is 51.2 Å².